The molecular formula is C20H21NO4S. The van der Waals surface area contributed by atoms with Crippen LogP contribution in [0.15, 0.2) is 35.2 Å². The third kappa shape index (κ3) is 4.73. The van der Waals surface area contributed by atoms with Crippen LogP contribution in [0.1, 0.15) is 44.6 Å². The van der Waals surface area contributed by atoms with Crippen molar-refractivity contribution < 1.29 is 19.1 Å². The average Bonchev–Trinajstić information content (AvgIpc) is 2.92. The number of carbonyl (C=O) groups excluding carboxylic acids is 3. The smallest absolute Gasteiger partial charge is 0.331 e. The molecule has 136 valence electrons. The van der Waals surface area contributed by atoms with E-state index in [9.17, 15) is 14.4 Å². The molecule has 0 radical (unpaired) electrons. The number of aryl methyl sites for hydroxylation is 1. The van der Waals surface area contributed by atoms with Gasteiger partial charge >= 0.3 is 5.97 Å². The zero-order chi connectivity index (χ0) is 19.3. The van der Waals surface area contributed by atoms with Crippen molar-refractivity contribution in [2.75, 3.05) is 12.9 Å². The molecule has 2 rings (SSSR count). The highest BCUT2D eigenvalue weighted by Gasteiger charge is 2.20. The lowest BCUT2D eigenvalue weighted by molar-refractivity contribution is -0.136. The fourth-order valence-electron chi connectivity index (χ4n) is 2.69. The molecule has 0 amide bonds. The first kappa shape index (κ1) is 19.7. The molecule has 0 saturated heterocycles. The highest BCUT2D eigenvalue weighted by molar-refractivity contribution is 7.98. The number of rotatable bonds is 7. The normalized spacial score (nSPS) is 10.9. The Morgan fingerprint density at radius 3 is 2.35 bits per heavy atom. The Kier molecular flexibility index (Phi) is 6.58. The minimum atomic E-state index is -0.597. The Balaban J connectivity index is 1.96. The van der Waals surface area contributed by atoms with Crippen LogP contribution in [-0.4, -0.2) is 35.4 Å². The van der Waals surface area contributed by atoms with E-state index in [0.29, 0.717) is 22.5 Å². The highest BCUT2D eigenvalue weighted by atomic mass is 32.2. The fraction of sp³-hybridized carbons (Fsp3) is 0.250. The standard InChI is InChI=1S/C20H21NO4S/c1-12-19(14(3)22)13(2)21-20(12)17(23)11-25-18(24)10-7-15-5-8-16(26-4)9-6-15/h5-10,21H,11H2,1-4H3/b10-7+. The van der Waals surface area contributed by atoms with Gasteiger partial charge in [0.2, 0.25) is 5.78 Å². The fourth-order valence-corrected chi connectivity index (χ4v) is 3.10. The number of hydrogen-bond acceptors (Lipinski definition) is 5. The number of benzene rings is 1. The van der Waals surface area contributed by atoms with Crippen molar-refractivity contribution in [1.29, 1.82) is 0 Å². The summed E-state index contributed by atoms with van der Waals surface area (Å²) in [4.78, 5) is 39.7. The van der Waals surface area contributed by atoms with Crippen molar-refractivity contribution in [3.8, 4) is 0 Å². The molecule has 0 atom stereocenters. The van der Waals surface area contributed by atoms with Gasteiger partial charge in [0.1, 0.15) is 0 Å². The predicted molar refractivity (Wildman–Crippen MR) is 103 cm³/mol. The van der Waals surface area contributed by atoms with Crippen LogP contribution in [0, 0.1) is 13.8 Å². The summed E-state index contributed by atoms with van der Waals surface area (Å²) < 4.78 is 5.01. The maximum atomic E-state index is 12.3. The second kappa shape index (κ2) is 8.67. The predicted octanol–water partition coefficient (Wildman–Crippen LogP) is 4.00. The number of carbonyl (C=O) groups is 3. The summed E-state index contributed by atoms with van der Waals surface area (Å²) in [5.74, 6) is -1.08. The summed E-state index contributed by atoms with van der Waals surface area (Å²) in [6.07, 6.45) is 4.91. The number of ether oxygens (including phenoxy) is 1. The van der Waals surface area contributed by atoms with Crippen molar-refractivity contribution >= 4 is 35.4 Å². The molecule has 0 aliphatic rings. The number of Topliss-reactive ketones (excluding diaryl/α,β-unsaturated/α-hetero) is 2. The summed E-state index contributed by atoms with van der Waals surface area (Å²) >= 11 is 1.64. The van der Waals surface area contributed by atoms with E-state index < -0.39 is 5.97 Å². The number of aromatic amines is 1. The molecule has 0 fully saturated rings. The molecule has 0 aliphatic heterocycles. The van der Waals surface area contributed by atoms with Crippen molar-refractivity contribution in [1.82, 2.24) is 4.98 Å². The molecule has 26 heavy (non-hydrogen) atoms. The van der Waals surface area contributed by atoms with Crippen molar-refractivity contribution in [3.63, 3.8) is 0 Å². The van der Waals surface area contributed by atoms with Crippen LogP contribution in [0.25, 0.3) is 6.08 Å². The van der Waals surface area contributed by atoms with Gasteiger partial charge in [-0.25, -0.2) is 4.79 Å². The van der Waals surface area contributed by atoms with Gasteiger partial charge in [-0.3, -0.25) is 9.59 Å². The van der Waals surface area contributed by atoms with E-state index in [0.717, 1.165) is 10.5 Å². The first-order chi connectivity index (χ1) is 12.3. The molecule has 2 aromatic rings. The van der Waals surface area contributed by atoms with Gasteiger partial charge in [-0.1, -0.05) is 12.1 Å². The third-order valence-corrected chi connectivity index (χ3v) is 4.69. The molecule has 1 N–H and O–H groups in total. The van der Waals surface area contributed by atoms with Crippen LogP contribution >= 0.6 is 11.8 Å². The summed E-state index contributed by atoms with van der Waals surface area (Å²) in [5.41, 5.74) is 2.90. The number of esters is 1. The van der Waals surface area contributed by atoms with Crippen LogP contribution in [0.2, 0.25) is 0 Å². The quantitative estimate of drug-likeness (QED) is 0.345. The lowest BCUT2D eigenvalue weighted by Gasteiger charge is -2.02. The third-order valence-electron chi connectivity index (χ3n) is 3.94. The van der Waals surface area contributed by atoms with Crippen molar-refractivity contribution in [3.05, 3.63) is 58.4 Å². The van der Waals surface area contributed by atoms with E-state index in [1.165, 1.54) is 13.0 Å². The minimum absolute atomic E-state index is 0.109. The van der Waals surface area contributed by atoms with Crippen LogP contribution in [0.5, 0.6) is 0 Å². The largest absolute Gasteiger partial charge is 0.454 e. The van der Waals surface area contributed by atoms with E-state index >= 15 is 0 Å². The zero-order valence-corrected chi connectivity index (χ0v) is 16.0. The lowest BCUT2D eigenvalue weighted by atomic mass is 10.1. The molecule has 1 aromatic carbocycles. The maximum Gasteiger partial charge on any atom is 0.331 e. The second-order valence-corrected chi connectivity index (χ2v) is 6.70. The average molecular weight is 371 g/mol. The van der Waals surface area contributed by atoms with Crippen LogP contribution in [0.3, 0.4) is 0 Å². The van der Waals surface area contributed by atoms with Gasteiger partial charge in [-0.15, -0.1) is 11.8 Å². The van der Waals surface area contributed by atoms with E-state index in [1.807, 2.05) is 30.5 Å². The van der Waals surface area contributed by atoms with Gasteiger partial charge in [0.25, 0.3) is 0 Å². The van der Waals surface area contributed by atoms with Gasteiger partial charge < -0.3 is 9.72 Å². The van der Waals surface area contributed by atoms with Gasteiger partial charge in [0.15, 0.2) is 12.4 Å². The molecule has 0 unspecified atom stereocenters. The van der Waals surface area contributed by atoms with Gasteiger partial charge in [-0.2, -0.15) is 0 Å². The maximum absolute atomic E-state index is 12.3. The Morgan fingerprint density at radius 2 is 1.81 bits per heavy atom. The van der Waals surface area contributed by atoms with E-state index in [2.05, 4.69) is 4.98 Å². The van der Waals surface area contributed by atoms with Crippen LogP contribution in [0.4, 0.5) is 0 Å². The Hall–Kier alpha value is -2.60. The Labute approximate surface area is 156 Å². The van der Waals surface area contributed by atoms with Crippen molar-refractivity contribution in [2.45, 2.75) is 25.7 Å². The molecule has 0 bridgehead atoms. The molecule has 1 aromatic heterocycles. The number of aromatic nitrogens is 1. The molecular weight excluding hydrogens is 350 g/mol. The van der Waals surface area contributed by atoms with E-state index in [4.69, 9.17) is 4.74 Å². The molecule has 0 spiro atoms. The number of nitrogens with one attached hydrogen (secondary N) is 1. The monoisotopic (exact) mass is 371 g/mol. The van der Waals surface area contributed by atoms with Crippen LogP contribution < -0.4 is 0 Å². The topological polar surface area (TPSA) is 76.2 Å². The Morgan fingerprint density at radius 1 is 1.15 bits per heavy atom. The lowest BCUT2D eigenvalue weighted by Crippen LogP contribution is -2.14. The number of H-pyrrole nitrogens is 1. The number of hydrogen-bond donors (Lipinski definition) is 1. The van der Waals surface area contributed by atoms with Gasteiger partial charge in [0, 0.05) is 22.2 Å². The van der Waals surface area contributed by atoms with Gasteiger partial charge in [0.05, 0.1) is 5.69 Å². The molecule has 0 aliphatic carbocycles. The summed E-state index contributed by atoms with van der Waals surface area (Å²) in [5, 5.41) is 0. The molecule has 1 heterocycles. The zero-order valence-electron chi connectivity index (χ0n) is 15.2. The van der Waals surface area contributed by atoms with Crippen molar-refractivity contribution in [2.24, 2.45) is 0 Å². The van der Waals surface area contributed by atoms with Crippen LogP contribution in [-0.2, 0) is 9.53 Å². The van der Waals surface area contributed by atoms with E-state index in [-0.39, 0.29) is 18.2 Å². The highest BCUT2D eigenvalue weighted by Crippen LogP contribution is 2.19. The Bertz CT molecular complexity index is 863. The molecule has 0 saturated carbocycles. The summed E-state index contributed by atoms with van der Waals surface area (Å²) in [7, 11) is 0. The first-order valence-corrected chi connectivity index (χ1v) is 9.28. The minimum Gasteiger partial charge on any atom is -0.454 e. The first-order valence-electron chi connectivity index (χ1n) is 8.05. The molecule has 5 nitrogen and oxygen atoms in total. The second-order valence-electron chi connectivity index (χ2n) is 5.82. The summed E-state index contributed by atoms with van der Waals surface area (Å²) in [6.45, 7) is 4.51. The number of ketones is 2. The number of thioether (sulfide) groups is 1. The van der Waals surface area contributed by atoms with Gasteiger partial charge in [-0.05, 0) is 56.4 Å². The van der Waals surface area contributed by atoms with E-state index in [1.54, 1.807) is 31.7 Å². The molecule has 6 heteroatoms. The SMILES string of the molecule is CSc1ccc(/C=C/C(=O)OCC(=O)c2[nH]c(C)c(C(C)=O)c2C)cc1. The summed E-state index contributed by atoms with van der Waals surface area (Å²) in [6, 6.07) is 7.72.